The maximum absolute atomic E-state index is 12.2. The van der Waals surface area contributed by atoms with Crippen LogP contribution in [0.2, 0.25) is 0 Å². The number of hydrogen-bond acceptors (Lipinski definition) is 5. The molecule has 0 atom stereocenters. The van der Waals surface area contributed by atoms with E-state index in [-0.39, 0.29) is 22.9 Å². The summed E-state index contributed by atoms with van der Waals surface area (Å²) in [5, 5.41) is 15.0. The molecule has 0 amide bonds. The summed E-state index contributed by atoms with van der Waals surface area (Å²) < 4.78 is 5.09. The van der Waals surface area contributed by atoms with E-state index in [0.717, 1.165) is 57.8 Å². The maximum Gasteiger partial charge on any atom is 0.342 e. The number of Topliss-reactive ketones (excluding diaryl/α,β-unsaturated/α-hetero) is 1. The highest BCUT2D eigenvalue weighted by Crippen LogP contribution is 2.27. The first-order valence-electron chi connectivity index (χ1n) is 8.77. The molecule has 1 rings (SSSR count). The van der Waals surface area contributed by atoms with Crippen molar-refractivity contribution in [2.45, 2.75) is 84.5 Å². The summed E-state index contributed by atoms with van der Waals surface area (Å²) >= 11 is 0. The Morgan fingerprint density at radius 2 is 1.65 bits per heavy atom. The predicted octanol–water partition coefficient (Wildman–Crippen LogP) is 5.25. The molecule has 0 saturated heterocycles. The summed E-state index contributed by atoms with van der Waals surface area (Å²) in [6.07, 6.45) is 9.86. The second-order valence-electron chi connectivity index (χ2n) is 5.96. The standard InChI is InChI=1S/C17H28N2O4/c1-3-5-7-9-10-12-14(20)16-17(19(21)22)15(23-18-16)13-11-8-6-4-2/h3-13H2,1-2H3. The monoisotopic (exact) mass is 324 g/mol. The lowest BCUT2D eigenvalue weighted by atomic mass is 10.1. The molecule has 0 aromatic carbocycles. The normalized spacial score (nSPS) is 10.9. The first-order chi connectivity index (χ1) is 11.1. The van der Waals surface area contributed by atoms with Crippen LogP contribution < -0.4 is 0 Å². The minimum absolute atomic E-state index is 0.101. The van der Waals surface area contributed by atoms with Gasteiger partial charge in [-0.3, -0.25) is 14.9 Å². The molecule has 23 heavy (non-hydrogen) atoms. The molecule has 1 aromatic rings. The van der Waals surface area contributed by atoms with Gasteiger partial charge in [-0.25, -0.2) is 0 Å². The number of aryl methyl sites for hydroxylation is 1. The van der Waals surface area contributed by atoms with Crippen LogP contribution in [0, 0.1) is 10.1 Å². The highest BCUT2D eigenvalue weighted by molar-refractivity contribution is 5.98. The van der Waals surface area contributed by atoms with Gasteiger partial charge in [0.2, 0.25) is 11.5 Å². The van der Waals surface area contributed by atoms with Crippen LogP contribution in [-0.2, 0) is 6.42 Å². The molecule has 0 spiro atoms. The Morgan fingerprint density at radius 3 is 2.26 bits per heavy atom. The van der Waals surface area contributed by atoms with Crippen molar-refractivity contribution in [3.05, 3.63) is 21.6 Å². The molecule has 0 aliphatic rings. The summed E-state index contributed by atoms with van der Waals surface area (Å²) in [5.41, 5.74) is -0.323. The molecule has 0 bridgehead atoms. The Bertz CT molecular complexity index is 497. The number of carbonyl (C=O) groups excluding carboxylic acids is 1. The fourth-order valence-electron chi connectivity index (χ4n) is 2.57. The number of hydrogen-bond donors (Lipinski definition) is 0. The zero-order chi connectivity index (χ0) is 17.1. The van der Waals surface area contributed by atoms with E-state index in [9.17, 15) is 14.9 Å². The molecule has 1 heterocycles. The number of unbranched alkanes of at least 4 members (excludes halogenated alkanes) is 7. The molecule has 0 aliphatic heterocycles. The second-order valence-corrected chi connectivity index (χ2v) is 5.96. The zero-order valence-corrected chi connectivity index (χ0v) is 14.3. The van der Waals surface area contributed by atoms with Gasteiger partial charge in [0.15, 0.2) is 5.78 Å². The van der Waals surface area contributed by atoms with Crippen molar-refractivity contribution in [1.29, 1.82) is 0 Å². The Labute approximate surface area is 137 Å². The van der Waals surface area contributed by atoms with Crippen LogP contribution in [0.4, 0.5) is 5.69 Å². The van der Waals surface area contributed by atoms with Crippen LogP contribution in [-0.4, -0.2) is 15.9 Å². The summed E-state index contributed by atoms with van der Waals surface area (Å²) in [7, 11) is 0. The lowest BCUT2D eigenvalue weighted by molar-refractivity contribution is -0.386. The van der Waals surface area contributed by atoms with E-state index in [2.05, 4.69) is 19.0 Å². The zero-order valence-electron chi connectivity index (χ0n) is 14.3. The van der Waals surface area contributed by atoms with Gasteiger partial charge < -0.3 is 4.52 Å². The SMILES string of the molecule is CCCCCCCC(=O)c1noc(CCCCCC)c1[N+](=O)[O-]. The molecule has 6 heteroatoms. The first kappa shape index (κ1) is 19.3. The molecule has 0 saturated carbocycles. The van der Waals surface area contributed by atoms with E-state index in [1.807, 2.05) is 0 Å². The van der Waals surface area contributed by atoms with Crippen molar-refractivity contribution >= 4 is 11.5 Å². The quantitative estimate of drug-likeness (QED) is 0.214. The first-order valence-corrected chi connectivity index (χ1v) is 8.77. The average Bonchev–Trinajstić information content (AvgIpc) is 2.95. The van der Waals surface area contributed by atoms with Crippen molar-refractivity contribution in [2.75, 3.05) is 0 Å². The fraction of sp³-hybridized carbons (Fsp3) is 0.765. The topological polar surface area (TPSA) is 86.2 Å². The molecule has 0 unspecified atom stereocenters. The molecular weight excluding hydrogens is 296 g/mol. The molecule has 6 nitrogen and oxygen atoms in total. The van der Waals surface area contributed by atoms with Gasteiger partial charge in [0.25, 0.3) is 0 Å². The van der Waals surface area contributed by atoms with E-state index >= 15 is 0 Å². The molecule has 0 N–H and O–H groups in total. The van der Waals surface area contributed by atoms with Gasteiger partial charge in [-0.15, -0.1) is 0 Å². The number of nitro groups is 1. The predicted molar refractivity (Wildman–Crippen MR) is 88.7 cm³/mol. The highest BCUT2D eigenvalue weighted by Gasteiger charge is 2.30. The van der Waals surface area contributed by atoms with E-state index in [4.69, 9.17) is 4.52 Å². The molecule has 1 aromatic heterocycles. The van der Waals surface area contributed by atoms with Gasteiger partial charge in [0.1, 0.15) is 0 Å². The van der Waals surface area contributed by atoms with Gasteiger partial charge >= 0.3 is 5.69 Å². The number of aromatic nitrogens is 1. The van der Waals surface area contributed by atoms with Crippen LogP contribution in [0.15, 0.2) is 4.52 Å². The van der Waals surface area contributed by atoms with Gasteiger partial charge in [-0.05, 0) is 12.8 Å². The third-order valence-electron chi connectivity index (χ3n) is 3.95. The second kappa shape index (κ2) is 10.9. The Kier molecular flexibility index (Phi) is 9.17. The third-order valence-corrected chi connectivity index (χ3v) is 3.95. The summed E-state index contributed by atoms with van der Waals surface area (Å²) in [6, 6.07) is 0. The van der Waals surface area contributed by atoms with E-state index < -0.39 is 4.92 Å². The number of rotatable bonds is 13. The molecule has 0 radical (unpaired) electrons. The van der Waals surface area contributed by atoms with Crippen LogP contribution in [0.3, 0.4) is 0 Å². The van der Waals surface area contributed by atoms with Crippen molar-refractivity contribution in [2.24, 2.45) is 0 Å². The Morgan fingerprint density at radius 1 is 1.04 bits per heavy atom. The van der Waals surface area contributed by atoms with Crippen LogP contribution in [0.25, 0.3) is 0 Å². The van der Waals surface area contributed by atoms with Crippen LogP contribution in [0.1, 0.15) is 94.3 Å². The van der Waals surface area contributed by atoms with Crippen LogP contribution >= 0.6 is 0 Å². The fourth-order valence-corrected chi connectivity index (χ4v) is 2.57. The van der Waals surface area contributed by atoms with Crippen molar-refractivity contribution in [3.63, 3.8) is 0 Å². The number of nitrogens with zero attached hydrogens (tertiary/aromatic N) is 2. The number of ketones is 1. The minimum atomic E-state index is -0.532. The van der Waals surface area contributed by atoms with Gasteiger partial charge in [0, 0.05) is 12.8 Å². The largest absolute Gasteiger partial charge is 0.353 e. The molecule has 130 valence electrons. The summed E-state index contributed by atoms with van der Waals surface area (Å²) in [4.78, 5) is 22.9. The minimum Gasteiger partial charge on any atom is -0.353 e. The van der Waals surface area contributed by atoms with Gasteiger partial charge in [0.05, 0.1) is 4.92 Å². The third kappa shape index (κ3) is 6.50. The average molecular weight is 324 g/mol. The lowest BCUT2D eigenvalue weighted by Crippen LogP contribution is -2.04. The lowest BCUT2D eigenvalue weighted by Gasteiger charge is -1.99. The van der Waals surface area contributed by atoms with Crippen molar-refractivity contribution < 1.29 is 14.2 Å². The van der Waals surface area contributed by atoms with Crippen molar-refractivity contribution in [1.82, 2.24) is 5.16 Å². The molecule has 0 fully saturated rings. The van der Waals surface area contributed by atoms with Crippen molar-refractivity contribution in [3.8, 4) is 0 Å². The van der Waals surface area contributed by atoms with Gasteiger partial charge in [-0.1, -0.05) is 63.9 Å². The summed E-state index contributed by atoms with van der Waals surface area (Å²) in [6.45, 7) is 4.24. The van der Waals surface area contributed by atoms with E-state index in [1.165, 1.54) is 0 Å². The molecular formula is C17H28N2O4. The van der Waals surface area contributed by atoms with Crippen LogP contribution in [0.5, 0.6) is 0 Å². The van der Waals surface area contributed by atoms with E-state index in [0.29, 0.717) is 12.8 Å². The Balaban J connectivity index is 2.61. The summed E-state index contributed by atoms with van der Waals surface area (Å²) in [5.74, 6) is -0.0443. The van der Waals surface area contributed by atoms with E-state index in [1.54, 1.807) is 0 Å². The molecule has 0 aliphatic carbocycles. The van der Waals surface area contributed by atoms with Gasteiger partial charge in [-0.2, -0.15) is 0 Å². The highest BCUT2D eigenvalue weighted by atomic mass is 16.6. The smallest absolute Gasteiger partial charge is 0.342 e. The Hall–Kier alpha value is -1.72. The number of carbonyl (C=O) groups is 1. The maximum atomic E-state index is 12.2.